The molecule has 0 aliphatic carbocycles. The molecule has 0 fully saturated rings. The highest BCUT2D eigenvalue weighted by Gasteiger charge is 2.10. The Kier molecular flexibility index (Phi) is 4.83. The van der Waals surface area contributed by atoms with E-state index in [1.165, 1.54) is 0 Å². The predicted molar refractivity (Wildman–Crippen MR) is 62.7 cm³/mol. The molecule has 0 saturated heterocycles. The molecule has 0 atom stereocenters. The van der Waals surface area contributed by atoms with Crippen molar-refractivity contribution in [3.05, 3.63) is 29.8 Å². The maximum atomic E-state index is 11.3. The standard InChI is InChI=1S/C13H18O3/c1-4-7-11-8-5-6-9-12(11)16-13(14)15-10(2)3/h5-6,8-10H,4,7H2,1-3H3. The molecule has 3 heteroatoms. The van der Waals surface area contributed by atoms with Gasteiger partial charge in [0, 0.05) is 0 Å². The van der Waals surface area contributed by atoms with E-state index in [0.717, 1.165) is 18.4 Å². The largest absolute Gasteiger partial charge is 0.514 e. The summed E-state index contributed by atoms with van der Waals surface area (Å²) in [6, 6.07) is 7.52. The first-order valence-corrected chi connectivity index (χ1v) is 5.59. The molecule has 0 unspecified atom stereocenters. The molecular formula is C13H18O3. The third-order valence-electron chi connectivity index (χ3n) is 2.02. The predicted octanol–water partition coefficient (Wildman–Crippen LogP) is 3.56. The van der Waals surface area contributed by atoms with Crippen LogP contribution in [0.15, 0.2) is 24.3 Å². The molecule has 0 N–H and O–H groups in total. The summed E-state index contributed by atoms with van der Waals surface area (Å²) in [6.45, 7) is 5.67. The number of ether oxygens (including phenoxy) is 2. The number of para-hydroxylation sites is 1. The van der Waals surface area contributed by atoms with E-state index < -0.39 is 6.16 Å². The second kappa shape index (κ2) is 6.16. The molecule has 88 valence electrons. The zero-order chi connectivity index (χ0) is 12.0. The van der Waals surface area contributed by atoms with Gasteiger partial charge < -0.3 is 9.47 Å². The van der Waals surface area contributed by atoms with Crippen LogP contribution >= 0.6 is 0 Å². The van der Waals surface area contributed by atoms with Crippen LogP contribution in [-0.4, -0.2) is 12.3 Å². The first-order valence-electron chi connectivity index (χ1n) is 5.59. The fourth-order valence-electron chi connectivity index (χ4n) is 1.39. The molecule has 16 heavy (non-hydrogen) atoms. The molecule has 3 nitrogen and oxygen atoms in total. The van der Waals surface area contributed by atoms with Crippen molar-refractivity contribution in [1.29, 1.82) is 0 Å². The van der Waals surface area contributed by atoms with Gasteiger partial charge >= 0.3 is 6.16 Å². The van der Waals surface area contributed by atoms with Crippen LogP contribution in [0.2, 0.25) is 0 Å². The Morgan fingerprint density at radius 3 is 2.62 bits per heavy atom. The third-order valence-corrected chi connectivity index (χ3v) is 2.02. The Morgan fingerprint density at radius 2 is 2.00 bits per heavy atom. The summed E-state index contributed by atoms with van der Waals surface area (Å²) in [6.07, 6.45) is 1.11. The van der Waals surface area contributed by atoms with Gasteiger partial charge in [0.15, 0.2) is 0 Å². The van der Waals surface area contributed by atoms with Gasteiger partial charge in [-0.25, -0.2) is 4.79 Å². The lowest BCUT2D eigenvalue weighted by atomic mass is 10.1. The van der Waals surface area contributed by atoms with Crippen LogP contribution in [0.4, 0.5) is 4.79 Å². The molecule has 0 bridgehead atoms. The van der Waals surface area contributed by atoms with Gasteiger partial charge in [0.2, 0.25) is 0 Å². The fraction of sp³-hybridized carbons (Fsp3) is 0.462. The lowest BCUT2D eigenvalue weighted by molar-refractivity contribution is 0.0726. The first-order chi connectivity index (χ1) is 7.63. The molecule has 0 spiro atoms. The Bertz CT molecular complexity index is 345. The van der Waals surface area contributed by atoms with Gasteiger partial charge in [-0.2, -0.15) is 0 Å². The molecule has 0 aliphatic heterocycles. The van der Waals surface area contributed by atoms with E-state index in [4.69, 9.17) is 9.47 Å². The minimum Gasteiger partial charge on any atom is -0.431 e. The van der Waals surface area contributed by atoms with E-state index in [0.29, 0.717) is 5.75 Å². The van der Waals surface area contributed by atoms with E-state index in [-0.39, 0.29) is 6.10 Å². The Hall–Kier alpha value is -1.51. The second-order valence-corrected chi connectivity index (χ2v) is 3.88. The van der Waals surface area contributed by atoms with Crippen molar-refractivity contribution in [2.75, 3.05) is 0 Å². The molecule has 0 radical (unpaired) electrons. The van der Waals surface area contributed by atoms with Crippen molar-refractivity contribution < 1.29 is 14.3 Å². The van der Waals surface area contributed by atoms with E-state index in [1.54, 1.807) is 19.9 Å². The van der Waals surface area contributed by atoms with E-state index in [1.807, 2.05) is 18.2 Å². The SMILES string of the molecule is CCCc1ccccc1OC(=O)OC(C)C. The van der Waals surface area contributed by atoms with Crippen LogP contribution in [0, 0.1) is 0 Å². The highest BCUT2D eigenvalue weighted by molar-refractivity contribution is 5.64. The van der Waals surface area contributed by atoms with Gasteiger partial charge in [-0.3, -0.25) is 0 Å². The Labute approximate surface area is 96.4 Å². The van der Waals surface area contributed by atoms with Gasteiger partial charge in [0.1, 0.15) is 5.75 Å². The summed E-state index contributed by atoms with van der Waals surface area (Å²) in [5.74, 6) is 0.593. The molecule has 0 heterocycles. The number of hydrogen-bond acceptors (Lipinski definition) is 3. The molecule has 0 aromatic heterocycles. The lowest BCUT2D eigenvalue weighted by Crippen LogP contribution is -2.16. The summed E-state index contributed by atoms with van der Waals surface area (Å²) in [5, 5.41) is 0. The van der Waals surface area contributed by atoms with Crippen molar-refractivity contribution in [1.82, 2.24) is 0 Å². The van der Waals surface area contributed by atoms with Crippen LogP contribution in [0.1, 0.15) is 32.8 Å². The van der Waals surface area contributed by atoms with Crippen LogP contribution in [0.3, 0.4) is 0 Å². The number of benzene rings is 1. The first kappa shape index (κ1) is 12.6. The molecule has 0 aliphatic rings. The number of aryl methyl sites for hydroxylation is 1. The van der Waals surface area contributed by atoms with Crippen molar-refractivity contribution in [3.8, 4) is 5.75 Å². The minimum atomic E-state index is -0.640. The topological polar surface area (TPSA) is 35.5 Å². The van der Waals surface area contributed by atoms with Crippen LogP contribution in [0.25, 0.3) is 0 Å². The lowest BCUT2D eigenvalue weighted by Gasteiger charge is -2.11. The third kappa shape index (κ3) is 3.93. The molecule has 1 aromatic carbocycles. The Balaban J connectivity index is 2.68. The quantitative estimate of drug-likeness (QED) is 0.577. The highest BCUT2D eigenvalue weighted by Crippen LogP contribution is 2.20. The van der Waals surface area contributed by atoms with Gasteiger partial charge in [-0.15, -0.1) is 0 Å². The maximum Gasteiger partial charge on any atom is 0.514 e. The van der Waals surface area contributed by atoms with Crippen molar-refractivity contribution >= 4 is 6.16 Å². The average Bonchev–Trinajstić information content (AvgIpc) is 2.20. The van der Waals surface area contributed by atoms with Crippen molar-refractivity contribution in [3.63, 3.8) is 0 Å². The van der Waals surface area contributed by atoms with Gasteiger partial charge in [-0.1, -0.05) is 31.5 Å². The van der Waals surface area contributed by atoms with E-state index in [2.05, 4.69) is 6.92 Å². The van der Waals surface area contributed by atoms with E-state index in [9.17, 15) is 4.79 Å². The summed E-state index contributed by atoms with van der Waals surface area (Å²) < 4.78 is 10.1. The zero-order valence-corrected chi connectivity index (χ0v) is 10.0. The average molecular weight is 222 g/mol. The van der Waals surface area contributed by atoms with Gasteiger partial charge in [0.05, 0.1) is 6.10 Å². The normalized spacial score (nSPS) is 10.2. The number of carbonyl (C=O) groups excluding carboxylic acids is 1. The van der Waals surface area contributed by atoms with Gasteiger partial charge in [-0.05, 0) is 31.9 Å². The molecule has 0 amide bonds. The van der Waals surface area contributed by atoms with Crippen LogP contribution in [-0.2, 0) is 11.2 Å². The minimum absolute atomic E-state index is 0.161. The molecular weight excluding hydrogens is 204 g/mol. The van der Waals surface area contributed by atoms with E-state index >= 15 is 0 Å². The maximum absolute atomic E-state index is 11.3. The summed E-state index contributed by atoms with van der Waals surface area (Å²) in [5.41, 5.74) is 1.03. The van der Waals surface area contributed by atoms with Crippen molar-refractivity contribution in [2.45, 2.75) is 39.7 Å². The summed E-state index contributed by atoms with van der Waals surface area (Å²) in [7, 11) is 0. The molecule has 1 rings (SSSR count). The van der Waals surface area contributed by atoms with Crippen molar-refractivity contribution in [2.24, 2.45) is 0 Å². The summed E-state index contributed by atoms with van der Waals surface area (Å²) in [4.78, 5) is 11.3. The van der Waals surface area contributed by atoms with Crippen LogP contribution < -0.4 is 4.74 Å². The highest BCUT2D eigenvalue weighted by atomic mass is 16.7. The number of carbonyl (C=O) groups is 1. The monoisotopic (exact) mass is 222 g/mol. The number of hydrogen-bond donors (Lipinski definition) is 0. The Morgan fingerprint density at radius 1 is 1.31 bits per heavy atom. The second-order valence-electron chi connectivity index (χ2n) is 3.88. The molecule has 0 saturated carbocycles. The summed E-state index contributed by atoms with van der Waals surface area (Å²) >= 11 is 0. The zero-order valence-electron chi connectivity index (χ0n) is 10.0. The van der Waals surface area contributed by atoms with Gasteiger partial charge in [0.25, 0.3) is 0 Å². The van der Waals surface area contributed by atoms with Crippen LogP contribution in [0.5, 0.6) is 5.75 Å². The number of rotatable bonds is 4. The molecule has 1 aromatic rings. The fourth-order valence-corrected chi connectivity index (χ4v) is 1.39. The smallest absolute Gasteiger partial charge is 0.431 e.